The molecule has 1 aromatic rings. The van der Waals surface area contributed by atoms with E-state index in [2.05, 4.69) is 12.2 Å². The molecular formula is C15H22N2O3. The van der Waals surface area contributed by atoms with Gasteiger partial charge in [-0.2, -0.15) is 0 Å². The summed E-state index contributed by atoms with van der Waals surface area (Å²) in [6, 6.07) is 5.58. The fourth-order valence-corrected chi connectivity index (χ4v) is 2.89. The van der Waals surface area contributed by atoms with Gasteiger partial charge in [-0.15, -0.1) is 0 Å². The first kappa shape index (κ1) is 14.8. The van der Waals surface area contributed by atoms with Crippen molar-refractivity contribution in [1.29, 1.82) is 0 Å². The minimum atomic E-state index is -0.400. The van der Waals surface area contributed by atoms with Crippen molar-refractivity contribution in [3.8, 4) is 5.75 Å². The quantitative estimate of drug-likeness (QED) is 0.640. The molecule has 2 rings (SSSR count). The highest BCUT2D eigenvalue weighted by Crippen LogP contribution is 2.29. The molecule has 110 valence electrons. The Bertz CT molecular complexity index is 470. The summed E-state index contributed by atoms with van der Waals surface area (Å²) in [6.07, 6.45) is 5.23. The SMILES string of the molecule is COc1ccc(CNC(C)C2CCCC2)cc1[N+](=O)[O-]. The van der Waals surface area contributed by atoms with E-state index in [0.29, 0.717) is 18.3 Å². The van der Waals surface area contributed by atoms with Crippen LogP contribution in [0.2, 0.25) is 0 Å². The molecule has 1 aliphatic carbocycles. The molecule has 1 saturated carbocycles. The van der Waals surface area contributed by atoms with Crippen LogP contribution in [-0.4, -0.2) is 18.1 Å². The monoisotopic (exact) mass is 278 g/mol. The average Bonchev–Trinajstić information content (AvgIpc) is 2.98. The number of nitro groups is 1. The third-order valence-corrected chi connectivity index (χ3v) is 4.18. The van der Waals surface area contributed by atoms with Gasteiger partial charge in [0, 0.05) is 18.7 Å². The van der Waals surface area contributed by atoms with E-state index in [1.165, 1.54) is 32.8 Å². The lowest BCUT2D eigenvalue weighted by atomic mass is 9.99. The molecule has 1 aliphatic rings. The van der Waals surface area contributed by atoms with Crippen LogP contribution in [-0.2, 0) is 6.54 Å². The fraction of sp³-hybridized carbons (Fsp3) is 0.600. The van der Waals surface area contributed by atoms with Gasteiger partial charge in [-0.25, -0.2) is 0 Å². The van der Waals surface area contributed by atoms with Crippen molar-refractivity contribution < 1.29 is 9.66 Å². The van der Waals surface area contributed by atoms with Crippen LogP contribution in [0.4, 0.5) is 5.69 Å². The predicted octanol–water partition coefficient (Wildman–Crippen LogP) is 3.27. The summed E-state index contributed by atoms with van der Waals surface area (Å²) in [7, 11) is 1.45. The molecule has 0 aromatic heterocycles. The highest BCUT2D eigenvalue weighted by Gasteiger charge is 2.21. The summed E-state index contributed by atoms with van der Waals surface area (Å²) in [5.41, 5.74) is 0.947. The first-order valence-electron chi connectivity index (χ1n) is 7.16. The minimum Gasteiger partial charge on any atom is -0.490 e. The molecular weight excluding hydrogens is 256 g/mol. The molecule has 0 heterocycles. The van der Waals surface area contributed by atoms with Crippen molar-refractivity contribution in [2.24, 2.45) is 5.92 Å². The second-order valence-electron chi connectivity index (χ2n) is 5.48. The van der Waals surface area contributed by atoms with Gasteiger partial charge in [-0.05, 0) is 37.3 Å². The van der Waals surface area contributed by atoms with Gasteiger partial charge in [0.15, 0.2) is 5.75 Å². The minimum absolute atomic E-state index is 0.0281. The highest BCUT2D eigenvalue weighted by atomic mass is 16.6. The van der Waals surface area contributed by atoms with E-state index in [1.807, 2.05) is 6.07 Å². The van der Waals surface area contributed by atoms with Gasteiger partial charge in [0.2, 0.25) is 0 Å². The molecule has 1 unspecified atom stereocenters. The molecule has 1 N–H and O–H groups in total. The normalized spacial score (nSPS) is 17.1. The van der Waals surface area contributed by atoms with Crippen molar-refractivity contribution in [3.63, 3.8) is 0 Å². The van der Waals surface area contributed by atoms with Crippen molar-refractivity contribution >= 4 is 5.69 Å². The Morgan fingerprint density at radius 3 is 2.75 bits per heavy atom. The number of hydrogen-bond donors (Lipinski definition) is 1. The number of hydrogen-bond acceptors (Lipinski definition) is 4. The van der Waals surface area contributed by atoms with E-state index < -0.39 is 4.92 Å². The maximum atomic E-state index is 11.0. The molecule has 5 nitrogen and oxygen atoms in total. The third kappa shape index (κ3) is 3.48. The lowest BCUT2D eigenvalue weighted by molar-refractivity contribution is -0.385. The first-order valence-corrected chi connectivity index (χ1v) is 7.16. The zero-order valence-electron chi connectivity index (χ0n) is 12.1. The number of nitro benzene ring substituents is 1. The third-order valence-electron chi connectivity index (χ3n) is 4.18. The van der Waals surface area contributed by atoms with Gasteiger partial charge in [-0.3, -0.25) is 10.1 Å². The van der Waals surface area contributed by atoms with E-state index in [1.54, 1.807) is 12.1 Å². The molecule has 1 aromatic carbocycles. The van der Waals surface area contributed by atoms with Gasteiger partial charge in [0.05, 0.1) is 12.0 Å². The summed E-state index contributed by atoms with van der Waals surface area (Å²) >= 11 is 0. The second kappa shape index (κ2) is 6.70. The van der Waals surface area contributed by atoms with Gasteiger partial charge in [0.1, 0.15) is 0 Å². The van der Waals surface area contributed by atoms with Crippen LogP contribution in [0.3, 0.4) is 0 Å². The van der Waals surface area contributed by atoms with Gasteiger partial charge in [-0.1, -0.05) is 18.9 Å². The molecule has 1 fully saturated rings. The molecule has 0 radical (unpaired) electrons. The predicted molar refractivity (Wildman–Crippen MR) is 77.9 cm³/mol. The number of methoxy groups -OCH3 is 1. The number of rotatable bonds is 6. The number of benzene rings is 1. The smallest absolute Gasteiger partial charge is 0.311 e. The summed E-state index contributed by atoms with van der Waals surface area (Å²) in [5, 5.41) is 14.5. The second-order valence-corrected chi connectivity index (χ2v) is 5.48. The standard InChI is InChI=1S/C15H22N2O3/c1-11(13-5-3-4-6-13)16-10-12-7-8-15(20-2)14(9-12)17(18)19/h7-9,11,13,16H,3-6,10H2,1-2H3. The summed E-state index contributed by atoms with van der Waals surface area (Å²) in [5.74, 6) is 1.05. The molecule has 5 heteroatoms. The Morgan fingerprint density at radius 2 is 2.15 bits per heavy atom. The largest absolute Gasteiger partial charge is 0.490 e. The number of nitrogens with zero attached hydrogens (tertiary/aromatic N) is 1. The zero-order valence-corrected chi connectivity index (χ0v) is 12.1. The van der Waals surface area contributed by atoms with Crippen LogP contribution in [0.15, 0.2) is 18.2 Å². The lowest BCUT2D eigenvalue weighted by Gasteiger charge is -2.20. The first-order chi connectivity index (χ1) is 9.61. The Morgan fingerprint density at radius 1 is 1.45 bits per heavy atom. The summed E-state index contributed by atoms with van der Waals surface area (Å²) < 4.78 is 5.01. The number of ether oxygens (including phenoxy) is 1. The molecule has 0 amide bonds. The molecule has 0 spiro atoms. The van der Waals surface area contributed by atoms with E-state index in [4.69, 9.17) is 4.74 Å². The van der Waals surface area contributed by atoms with Crippen molar-refractivity contribution in [1.82, 2.24) is 5.32 Å². The van der Waals surface area contributed by atoms with Crippen molar-refractivity contribution in [3.05, 3.63) is 33.9 Å². The summed E-state index contributed by atoms with van der Waals surface area (Å²) in [4.78, 5) is 10.6. The van der Waals surface area contributed by atoms with Crippen LogP contribution in [0.25, 0.3) is 0 Å². The van der Waals surface area contributed by atoms with E-state index >= 15 is 0 Å². The average molecular weight is 278 g/mol. The van der Waals surface area contributed by atoms with Crippen LogP contribution in [0.1, 0.15) is 38.2 Å². The molecule has 0 saturated heterocycles. The van der Waals surface area contributed by atoms with Crippen LogP contribution < -0.4 is 10.1 Å². The van der Waals surface area contributed by atoms with Gasteiger partial charge < -0.3 is 10.1 Å². The molecule has 20 heavy (non-hydrogen) atoms. The van der Waals surface area contributed by atoms with Crippen LogP contribution >= 0.6 is 0 Å². The van der Waals surface area contributed by atoms with Crippen LogP contribution in [0, 0.1) is 16.0 Å². The highest BCUT2D eigenvalue weighted by molar-refractivity contribution is 5.48. The molecule has 0 bridgehead atoms. The zero-order chi connectivity index (χ0) is 14.5. The maximum absolute atomic E-state index is 11.0. The summed E-state index contributed by atoms with van der Waals surface area (Å²) in [6.45, 7) is 2.86. The lowest BCUT2D eigenvalue weighted by Crippen LogP contribution is -2.31. The number of nitrogens with one attached hydrogen (secondary N) is 1. The van der Waals surface area contributed by atoms with Gasteiger partial charge in [0.25, 0.3) is 0 Å². The Balaban J connectivity index is 1.98. The van der Waals surface area contributed by atoms with Crippen molar-refractivity contribution in [2.75, 3.05) is 7.11 Å². The Kier molecular flexibility index (Phi) is 4.95. The topological polar surface area (TPSA) is 64.4 Å². The van der Waals surface area contributed by atoms with Crippen LogP contribution in [0.5, 0.6) is 5.75 Å². The van der Waals surface area contributed by atoms with E-state index in [9.17, 15) is 10.1 Å². The molecule has 0 aliphatic heterocycles. The fourth-order valence-electron chi connectivity index (χ4n) is 2.89. The van der Waals surface area contributed by atoms with E-state index in [0.717, 1.165) is 11.5 Å². The van der Waals surface area contributed by atoms with E-state index in [-0.39, 0.29) is 5.69 Å². The van der Waals surface area contributed by atoms with Crippen molar-refractivity contribution in [2.45, 2.75) is 45.2 Å². The van der Waals surface area contributed by atoms with Gasteiger partial charge >= 0.3 is 5.69 Å². The maximum Gasteiger partial charge on any atom is 0.311 e. The Hall–Kier alpha value is -1.62. The Labute approximate surface area is 119 Å². The molecule has 1 atom stereocenters.